The summed E-state index contributed by atoms with van der Waals surface area (Å²) in [5.74, 6) is 0.232. The van der Waals surface area contributed by atoms with E-state index in [-0.39, 0.29) is 19.1 Å². The van der Waals surface area contributed by atoms with Crippen LogP contribution in [0, 0.1) is 0 Å². The van der Waals surface area contributed by atoms with Crippen LogP contribution < -0.4 is 14.8 Å². The van der Waals surface area contributed by atoms with Crippen LogP contribution in [0.5, 0.6) is 11.5 Å². The molecule has 1 heterocycles. The van der Waals surface area contributed by atoms with Crippen molar-refractivity contribution in [1.82, 2.24) is 10.2 Å². The van der Waals surface area contributed by atoms with Crippen LogP contribution in [0.15, 0.2) is 18.2 Å². The van der Waals surface area contributed by atoms with E-state index in [1.54, 1.807) is 6.07 Å². The molecular formula is C19H26N2O5. The number of ether oxygens (including phenoxy) is 2. The van der Waals surface area contributed by atoms with Gasteiger partial charge in [0.25, 0.3) is 0 Å². The maximum Gasteiger partial charge on any atom is 0.305 e. The van der Waals surface area contributed by atoms with Gasteiger partial charge in [-0.15, -0.1) is 0 Å². The number of nitrogens with zero attached hydrogens (tertiary/aromatic N) is 1. The molecule has 2 aliphatic rings. The first-order chi connectivity index (χ1) is 12.4. The fraction of sp³-hybridized carbons (Fsp3) is 0.579. The molecule has 1 amide bonds. The minimum atomic E-state index is -0.878. The number of aliphatic carboxylic acids is 1. The van der Waals surface area contributed by atoms with Gasteiger partial charge in [-0.05, 0) is 44.6 Å². The molecule has 7 nitrogen and oxygen atoms in total. The third kappa shape index (κ3) is 3.93. The highest BCUT2D eigenvalue weighted by molar-refractivity contribution is 5.85. The van der Waals surface area contributed by atoms with Gasteiger partial charge < -0.3 is 19.9 Å². The third-order valence-electron chi connectivity index (χ3n) is 5.17. The number of amides is 1. The SMILES string of the molecule is CN(C)[C@@H](C(=O)NC1(CC(=O)O)CCCCC1)c1ccc2c(c1)OCO2. The van der Waals surface area contributed by atoms with Crippen LogP contribution in [0.1, 0.15) is 50.1 Å². The molecule has 3 rings (SSSR count). The predicted molar refractivity (Wildman–Crippen MR) is 95.2 cm³/mol. The fourth-order valence-corrected chi connectivity index (χ4v) is 3.96. The second-order valence-electron chi connectivity index (χ2n) is 7.38. The number of carboxylic acids is 1. The number of carbonyl (C=O) groups is 2. The summed E-state index contributed by atoms with van der Waals surface area (Å²) in [4.78, 5) is 26.3. The Morgan fingerprint density at radius 1 is 1.19 bits per heavy atom. The summed E-state index contributed by atoms with van der Waals surface area (Å²) in [5.41, 5.74) is 0.129. The molecule has 1 aliphatic carbocycles. The lowest BCUT2D eigenvalue weighted by Crippen LogP contribution is -2.53. The van der Waals surface area contributed by atoms with E-state index in [4.69, 9.17) is 9.47 Å². The summed E-state index contributed by atoms with van der Waals surface area (Å²) in [7, 11) is 3.67. The van der Waals surface area contributed by atoms with E-state index < -0.39 is 17.6 Å². The van der Waals surface area contributed by atoms with E-state index >= 15 is 0 Å². The number of benzene rings is 1. The van der Waals surface area contributed by atoms with Gasteiger partial charge in [0, 0.05) is 0 Å². The molecule has 1 aliphatic heterocycles. The molecule has 0 unspecified atom stereocenters. The van der Waals surface area contributed by atoms with E-state index in [1.807, 2.05) is 31.1 Å². The van der Waals surface area contributed by atoms with E-state index in [2.05, 4.69) is 5.32 Å². The quantitative estimate of drug-likeness (QED) is 0.807. The number of carbonyl (C=O) groups excluding carboxylic acids is 1. The smallest absolute Gasteiger partial charge is 0.305 e. The first-order valence-electron chi connectivity index (χ1n) is 9.00. The summed E-state index contributed by atoms with van der Waals surface area (Å²) in [6.07, 6.45) is 4.31. The van der Waals surface area contributed by atoms with Gasteiger partial charge in [-0.2, -0.15) is 0 Å². The molecule has 0 bridgehead atoms. The molecule has 26 heavy (non-hydrogen) atoms. The average molecular weight is 362 g/mol. The highest BCUT2D eigenvalue weighted by Crippen LogP contribution is 2.36. The highest BCUT2D eigenvalue weighted by atomic mass is 16.7. The largest absolute Gasteiger partial charge is 0.481 e. The number of hydrogen-bond acceptors (Lipinski definition) is 5. The van der Waals surface area contributed by atoms with Gasteiger partial charge in [-0.3, -0.25) is 14.5 Å². The average Bonchev–Trinajstić information content (AvgIpc) is 3.02. The number of fused-ring (bicyclic) bond motifs is 1. The van der Waals surface area contributed by atoms with E-state index in [0.29, 0.717) is 24.3 Å². The van der Waals surface area contributed by atoms with Gasteiger partial charge in [0.1, 0.15) is 6.04 Å². The van der Waals surface area contributed by atoms with Gasteiger partial charge in [-0.25, -0.2) is 0 Å². The number of rotatable bonds is 6. The van der Waals surface area contributed by atoms with Crippen LogP contribution in [-0.2, 0) is 9.59 Å². The number of likely N-dealkylation sites (N-methyl/N-ethyl adjacent to an activating group) is 1. The first-order valence-corrected chi connectivity index (χ1v) is 9.00. The van der Waals surface area contributed by atoms with Crippen molar-refractivity contribution in [3.8, 4) is 11.5 Å². The topological polar surface area (TPSA) is 88.1 Å². The number of carboxylic acid groups (broad SMARTS) is 1. The Labute approximate surface area is 153 Å². The molecule has 1 atom stereocenters. The van der Waals surface area contributed by atoms with E-state index in [1.165, 1.54) is 0 Å². The molecule has 0 saturated heterocycles. The lowest BCUT2D eigenvalue weighted by atomic mass is 9.79. The van der Waals surface area contributed by atoms with E-state index in [0.717, 1.165) is 24.8 Å². The van der Waals surface area contributed by atoms with Crippen LogP contribution in [0.4, 0.5) is 0 Å². The van der Waals surface area contributed by atoms with Crippen molar-refractivity contribution in [3.63, 3.8) is 0 Å². The van der Waals surface area contributed by atoms with Crippen molar-refractivity contribution < 1.29 is 24.2 Å². The molecular weight excluding hydrogens is 336 g/mol. The minimum absolute atomic E-state index is 0.0416. The molecule has 0 aromatic heterocycles. The summed E-state index contributed by atoms with van der Waals surface area (Å²) in [5, 5.41) is 12.4. The van der Waals surface area contributed by atoms with Gasteiger partial charge in [0.15, 0.2) is 11.5 Å². The van der Waals surface area contributed by atoms with Crippen molar-refractivity contribution in [2.24, 2.45) is 0 Å². The monoisotopic (exact) mass is 362 g/mol. The Kier molecular flexibility index (Phi) is 5.36. The van der Waals surface area contributed by atoms with Gasteiger partial charge in [-0.1, -0.05) is 25.3 Å². The maximum atomic E-state index is 13.1. The molecule has 0 radical (unpaired) electrons. The second-order valence-corrected chi connectivity index (χ2v) is 7.38. The standard InChI is InChI=1S/C19H26N2O5/c1-21(2)17(13-6-7-14-15(10-13)26-12-25-14)18(24)20-19(11-16(22)23)8-4-3-5-9-19/h6-7,10,17H,3-5,8-9,11-12H2,1-2H3,(H,20,24)(H,22,23)/t17-/m1/s1. The number of hydrogen-bond donors (Lipinski definition) is 2. The molecule has 1 aromatic carbocycles. The predicted octanol–water partition coefficient (Wildman–Crippen LogP) is 2.31. The normalized spacial score (nSPS) is 19.2. The Balaban J connectivity index is 1.83. The molecule has 0 spiro atoms. The summed E-state index contributed by atoms with van der Waals surface area (Å²) in [6, 6.07) is 4.94. The molecule has 1 aromatic rings. The zero-order valence-corrected chi connectivity index (χ0v) is 15.3. The Hall–Kier alpha value is -2.28. The lowest BCUT2D eigenvalue weighted by Gasteiger charge is -2.39. The van der Waals surface area contributed by atoms with Crippen molar-refractivity contribution in [3.05, 3.63) is 23.8 Å². The zero-order valence-electron chi connectivity index (χ0n) is 15.3. The molecule has 1 saturated carbocycles. The van der Waals surface area contributed by atoms with Gasteiger partial charge in [0.2, 0.25) is 12.7 Å². The Morgan fingerprint density at radius 3 is 2.54 bits per heavy atom. The maximum absolute atomic E-state index is 13.1. The van der Waals surface area contributed by atoms with Crippen molar-refractivity contribution in [2.75, 3.05) is 20.9 Å². The van der Waals surface area contributed by atoms with Crippen molar-refractivity contribution >= 4 is 11.9 Å². The summed E-state index contributed by atoms with van der Waals surface area (Å²) >= 11 is 0. The molecule has 2 N–H and O–H groups in total. The van der Waals surface area contributed by atoms with Crippen molar-refractivity contribution in [2.45, 2.75) is 50.1 Å². The van der Waals surface area contributed by atoms with Crippen LogP contribution in [0.2, 0.25) is 0 Å². The van der Waals surface area contributed by atoms with Crippen LogP contribution in [-0.4, -0.2) is 48.3 Å². The van der Waals surface area contributed by atoms with Gasteiger partial charge >= 0.3 is 5.97 Å². The summed E-state index contributed by atoms with van der Waals surface area (Å²) < 4.78 is 10.8. The third-order valence-corrected chi connectivity index (χ3v) is 5.17. The fourth-order valence-electron chi connectivity index (χ4n) is 3.96. The molecule has 142 valence electrons. The highest BCUT2D eigenvalue weighted by Gasteiger charge is 2.38. The van der Waals surface area contributed by atoms with Crippen LogP contribution >= 0.6 is 0 Å². The lowest BCUT2D eigenvalue weighted by molar-refractivity contribution is -0.140. The molecule has 7 heteroatoms. The number of nitrogens with one attached hydrogen (secondary N) is 1. The van der Waals surface area contributed by atoms with Crippen molar-refractivity contribution in [1.29, 1.82) is 0 Å². The Morgan fingerprint density at radius 2 is 1.88 bits per heavy atom. The molecule has 1 fully saturated rings. The first kappa shape index (κ1) is 18.5. The zero-order chi connectivity index (χ0) is 18.7. The van der Waals surface area contributed by atoms with Gasteiger partial charge in [0.05, 0.1) is 12.0 Å². The van der Waals surface area contributed by atoms with E-state index in [9.17, 15) is 14.7 Å². The van der Waals surface area contributed by atoms with Crippen LogP contribution in [0.3, 0.4) is 0 Å². The van der Waals surface area contributed by atoms with Crippen LogP contribution in [0.25, 0.3) is 0 Å². The second kappa shape index (κ2) is 7.53. The summed E-state index contributed by atoms with van der Waals surface area (Å²) in [6.45, 7) is 0.180. The Bertz CT molecular complexity index is 683. The minimum Gasteiger partial charge on any atom is -0.481 e.